The first-order chi connectivity index (χ1) is 11.5. The van der Waals surface area contributed by atoms with Crippen molar-refractivity contribution in [2.45, 2.75) is 0 Å². The zero-order chi connectivity index (χ0) is 17.3. The fraction of sp³-hybridized carbons (Fsp3) is 0.0556. The second kappa shape index (κ2) is 5.97. The monoisotopic (exact) mass is 320 g/mol. The predicted molar refractivity (Wildman–Crippen MR) is 89.5 cm³/mol. The largest absolute Gasteiger partial charge is 0.508 e. The van der Waals surface area contributed by atoms with Crippen LogP contribution in [0.4, 0.5) is 11.4 Å². The summed E-state index contributed by atoms with van der Waals surface area (Å²) in [6.45, 7) is 3.71. The molecule has 3 rings (SSSR count). The van der Waals surface area contributed by atoms with Gasteiger partial charge in [-0.05, 0) is 31.2 Å². The number of fused-ring (bicyclic) bond motifs is 2. The molecular weight excluding hydrogens is 306 g/mol. The molecule has 6 heteroatoms. The summed E-state index contributed by atoms with van der Waals surface area (Å²) in [7, 11) is 0. The molecule has 0 saturated heterocycles. The summed E-state index contributed by atoms with van der Waals surface area (Å²) >= 11 is 0. The Morgan fingerprint density at radius 1 is 1.12 bits per heavy atom. The van der Waals surface area contributed by atoms with Crippen LogP contribution in [0.5, 0.6) is 11.5 Å². The third-order valence-electron chi connectivity index (χ3n) is 3.69. The Kier molecular flexibility index (Phi) is 3.84. The van der Waals surface area contributed by atoms with Gasteiger partial charge in [0.15, 0.2) is 0 Å². The molecule has 0 atom stereocenters. The van der Waals surface area contributed by atoms with Gasteiger partial charge in [-0.25, -0.2) is 0 Å². The fourth-order valence-corrected chi connectivity index (χ4v) is 2.69. The lowest BCUT2D eigenvalue weighted by Crippen LogP contribution is -2.25. The quantitative estimate of drug-likeness (QED) is 0.429. The van der Waals surface area contributed by atoms with Gasteiger partial charge in [-0.3, -0.25) is 4.79 Å². The van der Waals surface area contributed by atoms with Gasteiger partial charge in [-0.2, -0.15) is 5.26 Å². The average Bonchev–Trinajstić information content (AvgIpc) is 2.54. The number of carbonyl (C=O) groups excluding carboxylic acids is 1. The number of hydrogen-bond acceptors (Lipinski definition) is 5. The lowest BCUT2D eigenvalue weighted by atomic mass is 9.87. The van der Waals surface area contributed by atoms with Crippen LogP contribution in [-0.2, 0) is 4.79 Å². The zero-order valence-corrected chi connectivity index (χ0v) is 12.6. The molecule has 1 radical (unpaired) electrons. The number of aromatic hydroxyl groups is 2. The molecule has 0 fully saturated rings. The maximum Gasteiger partial charge on any atom is 0.262 e. The Balaban J connectivity index is 2.33. The van der Waals surface area contributed by atoms with E-state index in [2.05, 4.69) is 17.6 Å². The fourth-order valence-electron chi connectivity index (χ4n) is 2.69. The van der Waals surface area contributed by atoms with Gasteiger partial charge >= 0.3 is 0 Å². The molecule has 0 aromatic heterocycles. The third-order valence-corrected chi connectivity index (χ3v) is 3.69. The molecule has 119 valence electrons. The molecule has 0 unspecified atom stereocenters. The SMILES string of the molecule is [CH2]CNC(=O)C(C#N)=C1c2ccc(O)cc2Nc2cc(O)ccc21. The lowest BCUT2D eigenvalue weighted by Gasteiger charge is -2.25. The number of nitrogens with one attached hydrogen (secondary N) is 2. The summed E-state index contributed by atoms with van der Waals surface area (Å²) in [5, 5.41) is 34.6. The van der Waals surface area contributed by atoms with Crippen molar-refractivity contribution in [1.29, 1.82) is 5.26 Å². The van der Waals surface area contributed by atoms with E-state index in [0.717, 1.165) is 0 Å². The van der Waals surface area contributed by atoms with E-state index in [-0.39, 0.29) is 23.6 Å². The van der Waals surface area contributed by atoms with Crippen molar-refractivity contribution >= 4 is 22.9 Å². The highest BCUT2D eigenvalue weighted by atomic mass is 16.3. The van der Waals surface area contributed by atoms with Gasteiger partial charge in [0.2, 0.25) is 0 Å². The minimum Gasteiger partial charge on any atom is -0.508 e. The molecule has 6 nitrogen and oxygen atoms in total. The Bertz CT molecular complexity index is 857. The molecule has 2 aromatic carbocycles. The molecule has 1 heterocycles. The molecule has 4 N–H and O–H groups in total. The molecule has 1 aliphatic heterocycles. The third kappa shape index (κ3) is 2.52. The second-order valence-electron chi connectivity index (χ2n) is 5.20. The van der Waals surface area contributed by atoms with Gasteiger partial charge in [0.1, 0.15) is 23.1 Å². The zero-order valence-electron chi connectivity index (χ0n) is 12.6. The van der Waals surface area contributed by atoms with Crippen LogP contribution in [0, 0.1) is 18.3 Å². The number of carbonyl (C=O) groups is 1. The van der Waals surface area contributed by atoms with Crippen LogP contribution >= 0.6 is 0 Å². The molecule has 0 spiro atoms. The normalized spacial score (nSPS) is 11.6. The highest BCUT2D eigenvalue weighted by Crippen LogP contribution is 2.44. The number of phenols is 2. The summed E-state index contributed by atoms with van der Waals surface area (Å²) in [5.41, 5.74) is 2.69. The lowest BCUT2D eigenvalue weighted by molar-refractivity contribution is -0.116. The summed E-state index contributed by atoms with van der Waals surface area (Å²) < 4.78 is 0. The number of rotatable bonds is 2. The number of phenolic OH excluding ortho intramolecular Hbond substituents is 2. The van der Waals surface area contributed by atoms with Crippen molar-refractivity contribution < 1.29 is 15.0 Å². The smallest absolute Gasteiger partial charge is 0.262 e. The Labute approximate surface area is 138 Å². The van der Waals surface area contributed by atoms with E-state index in [1.807, 2.05) is 6.07 Å². The number of hydrogen-bond donors (Lipinski definition) is 4. The maximum absolute atomic E-state index is 12.3. The number of anilines is 2. The molecular formula is C18H14N3O3. The van der Waals surface area contributed by atoms with Crippen molar-refractivity contribution in [3.8, 4) is 17.6 Å². The first kappa shape index (κ1) is 15.4. The van der Waals surface area contributed by atoms with Crippen LogP contribution in [-0.4, -0.2) is 22.7 Å². The van der Waals surface area contributed by atoms with Gasteiger partial charge in [0.25, 0.3) is 5.91 Å². The molecule has 24 heavy (non-hydrogen) atoms. The van der Waals surface area contributed by atoms with E-state index < -0.39 is 5.91 Å². The number of amides is 1. The van der Waals surface area contributed by atoms with Gasteiger partial charge in [-0.1, -0.05) is 0 Å². The highest BCUT2D eigenvalue weighted by Gasteiger charge is 2.26. The van der Waals surface area contributed by atoms with Crippen molar-refractivity contribution in [3.05, 3.63) is 60.0 Å². The van der Waals surface area contributed by atoms with Crippen LogP contribution in [0.1, 0.15) is 11.1 Å². The van der Waals surface area contributed by atoms with E-state index in [1.165, 1.54) is 24.3 Å². The molecule has 0 bridgehead atoms. The van der Waals surface area contributed by atoms with E-state index in [4.69, 9.17) is 0 Å². The first-order valence-electron chi connectivity index (χ1n) is 7.20. The van der Waals surface area contributed by atoms with Crippen molar-refractivity contribution in [2.24, 2.45) is 0 Å². The Morgan fingerprint density at radius 2 is 1.67 bits per heavy atom. The second-order valence-corrected chi connectivity index (χ2v) is 5.20. The summed E-state index contributed by atoms with van der Waals surface area (Å²) in [6.07, 6.45) is 0. The van der Waals surface area contributed by atoms with Crippen LogP contribution in [0.3, 0.4) is 0 Å². The topological polar surface area (TPSA) is 105 Å². The van der Waals surface area contributed by atoms with E-state index in [0.29, 0.717) is 28.1 Å². The van der Waals surface area contributed by atoms with Gasteiger partial charge in [-0.15, -0.1) is 0 Å². The highest BCUT2D eigenvalue weighted by molar-refractivity contribution is 6.12. The minimum atomic E-state index is -0.526. The van der Waals surface area contributed by atoms with Crippen molar-refractivity contribution in [2.75, 3.05) is 11.9 Å². The summed E-state index contributed by atoms with van der Waals surface area (Å²) in [4.78, 5) is 12.3. The number of benzene rings is 2. The van der Waals surface area contributed by atoms with E-state index in [1.54, 1.807) is 12.1 Å². The summed E-state index contributed by atoms with van der Waals surface area (Å²) in [6, 6.07) is 11.2. The standard InChI is InChI=1S/C18H14N3O3/c1-2-20-18(24)14(9-19)17-12-5-3-10(22)7-15(12)21-16-8-11(23)4-6-13(16)17/h3-8,21-23H,1-2H2,(H,20,24). The van der Waals surface area contributed by atoms with Gasteiger partial charge < -0.3 is 20.8 Å². The van der Waals surface area contributed by atoms with Crippen LogP contribution in [0.25, 0.3) is 5.57 Å². The summed E-state index contributed by atoms with van der Waals surface area (Å²) in [5.74, 6) is -0.433. The van der Waals surface area contributed by atoms with Gasteiger partial charge in [0, 0.05) is 35.4 Å². The molecule has 2 aromatic rings. The maximum atomic E-state index is 12.3. The molecule has 0 saturated carbocycles. The number of nitriles is 1. The number of nitrogens with zero attached hydrogens (tertiary/aromatic N) is 1. The molecule has 1 aliphatic rings. The Hall–Kier alpha value is -3.46. The van der Waals surface area contributed by atoms with Crippen molar-refractivity contribution in [1.82, 2.24) is 5.32 Å². The van der Waals surface area contributed by atoms with E-state index in [9.17, 15) is 20.3 Å². The van der Waals surface area contributed by atoms with Crippen LogP contribution in [0.2, 0.25) is 0 Å². The molecule has 1 amide bonds. The Morgan fingerprint density at radius 3 is 2.12 bits per heavy atom. The van der Waals surface area contributed by atoms with E-state index >= 15 is 0 Å². The predicted octanol–water partition coefficient (Wildman–Crippen LogP) is 2.43. The van der Waals surface area contributed by atoms with Crippen molar-refractivity contribution in [3.63, 3.8) is 0 Å². The molecule has 0 aliphatic carbocycles. The van der Waals surface area contributed by atoms with Gasteiger partial charge in [0.05, 0.1) is 11.4 Å². The first-order valence-corrected chi connectivity index (χ1v) is 7.20. The van der Waals surface area contributed by atoms with Crippen LogP contribution in [0.15, 0.2) is 42.0 Å². The van der Waals surface area contributed by atoms with Crippen LogP contribution < -0.4 is 10.6 Å². The minimum absolute atomic E-state index is 0.0462. The average molecular weight is 320 g/mol.